The minimum Gasteiger partial charge on any atom is -0.126 e. The molecule has 0 amide bonds. The smallest absolute Gasteiger partial charge is 0.0257 e. The Morgan fingerprint density at radius 2 is 1.32 bits per heavy atom. The van der Waals surface area contributed by atoms with Crippen LogP contribution in [0.2, 0.25) is 0 Å². The fourth-order valence-corrected chi connectivity index (χ4v) is 3.59. The van der Waals surface area contributed by atoms with Crippen molar-refractivity contribution in [1.29, 1.82) is 0 Å². The van der Waals surface area contributed by atoms with Crippen LogP contribution in [0.5, 0.6) is 0 Å². The summed E-state index contributed by atoms with van der Waals surface area (Å²) in [5.41, 5.74) is 3.27. The highest BCUT2D eigenvalue weighted by atomic mass is 35.5. The van der Waals surface area contributed by atoms with E-state index in [1.54, 1.807) is 0 Å². The summed E-state index contributed by atoms with van der Waals surface area (Å²) in [5, 5.41) is 0. The van der Waals surface area contributed by atoms with Gasteiger partial charge >= 0.3 is 0 Å². The molecule has 2 aromatic rings. The third-order valence-electron chi connectivity index (χ3n) is 4.34. The highest BCUT2D eigenvalue weighted by molar-refractivity contribution is 6.18. The SMILES string of the molecule is ClCC1CC1(Cc1ccccc1)Cc1ccccc1. The second-order valence-corrected chi connectivity index (χ2v) is 6.05. The van der Waals surface area contributed by atoms with Crippen LogP contribution in [-0.2, 0) is 12.8 Å². The number of hydrogen-bond acceptors (Lipinski definition) is 0. The van der Waals surface area contributed by atoms with Crippen molar-refractivity contribution in [3.63, 3.8) is 0 Å². The zero-order chi connectivity index (χ0) is 13.1. The van der Waals surface area contributed by atoms with Gasteiger partial charge in [-0.2, -0.15) is 0 Å². The zero-order valence-electron chi connectivity index (χ0n) is 11.1. The summed E-state index contributed by atoms with van der Waals surface area (Å²) in [5.74, 6) is 1.47. The summed E-state index contributed by atoms with van der Waals surface area (Å²) in [6.45, 7) is 0. The van der Waals surface area contributed by atoms with Gasteiger partial charge in [0.25, 0.3) is 0 Å². The minimum absolute atomic E-state index is 0.393. The Labute approximate surface area is 120 Å². The van der Waals surface area contributed by atoms with Crippen LogP contribution in [0.1, 0.15) is 17.5 Å². The lowest BCUT2D eigenvalue weighted by atomic mass is 9.88. The van der Waals surface area contributed by atoms with Crippen LogP contribution in [0.3, 0.4) is 0 Å². The first-order chi connectivity index (χ1) is 9.32. The Hall–Kier alpha value is -1.27. The van der Waals surface area contributed by atoms with E-state index in [1.165, 1.54) is 17.5 Å². The third-order valence-corrected chi connectivity index (χ3v) is 4.72. The predicted molar refractivity (Wildman–Crippen MR) is 81.6 cm³/mol. The summed E-state index contributed by atoms with van der Waals surface area (Å²) < 4.78 is 0. The molecule has 1 fully saturated rings. The van der Waals surface area contributed by atoms with Crippen LogP contribution >= 0.6 is 11.6 Å². The zero-order valence-corrected chi connectivity index (χ0v) is 11.8. The second kappa shape index (κ2) is 5.38. The predicted octanol–water partition coefficient (Wildman–Crippen LogP) is 4.72. The van der Waals surface area contributed by atoms with Gasteiger partial charge in [0.2, 0.25) is 0 Å². The molecular formula is C18H19Cl. The van der Waals surface area contributed by atoms with Crippen LogP contribution in [0.15, 0.2) is 60.7 Å². The number of hydrogen-bond donors (Lipinski definition) is 0. The van der Waals surface area contributed by atoms with Crippen molar-refractivity contribution in [3.05, 3.63) is 71.8 Å². The van der Waals surface area contributed by atoms with Gasteiger partial charge < -0.3 is 0 Å². The molecule has 0 nitrogen and oxygen atoms in total. The van der Waals surface area contributed by atoms with Gasteiger partial charge in [-0.15, -0.1) is 11.6 Å². The average molecular weight is 271 g/mol. The monoisotopic (exact) mass is 270 g/mol. The van der Waals surface area contributed by atoms with Gasteiger partial charge in [0.1, 0.15) is 0 Å². The Balaban J connectivity index is 1.77. The summed E-state index contributed by atoms with van der Waals surface area (Å²) >= 11 is 6.12. The van der Waals surface area contributed by atoms with Gasteiger partial charge in [-0.3, -0.25) is 0 Å². The van der Waals surface area contributed by atoms with E-state index in [0.29, 0.717) is 11.3 Å². The molecule has 1 aliphatic carbocycles. The first-order valence-electron chi connectivity index (χ1n) is 6.96. The van der Waals surface area contributed by atoms with Crippen molar-refractivity contribution < 1.29 is 0 Å². The highest BCUT2D eigenvalue weighted by Crippen LogP contribution is 2.57. The molecule has 3 rings (SSSR count). The minimum atomic E-state index is 0.393. The Kier molecular flexibility index (Phi) is 3.61. The van der Waals surface area contributed by atoms with E-state index in [-0.39, 0.29) is 0 Å². The van der Waals surface area contributed by atoms with Crippen LogP contribution in [0, 0.1) is 11.3 Å². The van der Waals surface area contributed by atoms with E-state index in [9.17, 15) is 0 Å². The highest BCUT2D eigenvalue weighted by Gasteiger charge is 2.52. The number of alkyl halides is 1. The Morgan fingerprint density at radius 3 is 1.68 bits per heavy atom. The molecule has 0 bridgehead atoms. The molecule has 1 saturated carbocycles. The quantitative estimate of drug-likeness (QED) is 0.690. The van der Waals surface area contributed by atoms with Crippen LogP contribution in [0.25, 0.3) is 0 Å². The van der Waals surface area contributed by atoms with Crippen molar-refractivity contribution in [2.75, 3.05) is 5.88 Å². The number of benzene rings is 2. The largest absolute Gasteiger partial charge is 0.126 e. The maximum Gasteiger partial charge on any atom is 0.0257 e. The summed E-state index contributed by atoms with van der Waals surface area (Å²) in [7, 11) is 0. The molecule has 2 aromatic carbocycles. The van der Waals surface area contributed by atoms with Gasteiger partial charge in [-0.1, -0.05) is 60.7 Å². The van der Waals surface area contributed by atoms with Gasteiger partial charge in [0.05, 0.1) is 0 Å². The summed E-state index contributed by atoms with van der Waals surface area (Å²) in [6, 6.07) is 21.6. The van der Waals surface area contributed by atoms with E-state index < -0.39 is 0 Å². The molecule has 0 aromatic heterocycles. The average Bonchev–Trinajstić information content (AvgIpc) is 3.13. The topological polar surface area (TPSA) is 0 Å². The van der Waals surface area contributed by atoms with Gasteiger partial charge in [-0.25, -0.2) is 0 Å². The molecule has 1 atom stereocenters. The third kappa shape index (κ3) is 2.84. The molecule has 0 spiro atoms. The van der Waals surface area contributed by atoms with Crippen molar-refractivity contribution in [2.24, 2.45) is 11.3 Å². The maximum absolute atomic E-state index is 6.12. The van der Waals surface area contributed by atoms with Crippen LogP contribution < -0.4 is 0 Å². The Bertz CT molecular complexity index is 476. The molecule has 0 saturated heterocycles. The lowest BCUT2D eigenvalue weighted by molar-refractivity contribution is 0.462. The van der Waals surface area contributed by atoms with Crippen LogP contribution in [-0.4, -0.2) is 5.88 Å². The molecule has 98 valence electrons. The molecule has 0 N–H and O–H groups in total. The molecule has 19 heavy (non-hydrogen) atoms. The number of halogens is 1. The fourth-order valence-electron chi connectivity index (χ4n) is 3.15. The second-order valence-electron chi connectivity index (χ2n) is 5.74. The lowest BCUT2D eigenvalue weighted by Crippen LogP contribution is -2.13. The molecule has 0 heterocycles. The Morgan fingerprint density at radius 1 is 0.842 bits per heavy atom. The molecular weight excluding hydrogens is 252 g/mol. The van der Waals surface area contributed by atoms with Crippen molar-refractivity contribution in [2.45, 2.75) is 19.3 Å². The van der Waals surface area contributed by atoms with E-state index in [0.717, 1.165) is 18.7 Å². The van der Waals surface area contributed by atoms with E-state index in [4.69, 9.17) is 11.6 Å². The van der Waals surface area contributed by atoms with Crippen molar-refractivity contribution in [1.82, 2.24) is 0 Å². The maximum atomic E-state index is 6.12. The van der Waals surface area contributed by atoms with E-state index in [2.05, 4.69) is 60.7 Å². The summed E-state index contributed by atoms with van der Waals surface area (Å²) in [4.78, 5) is 0. The van der Waals surface area contributed by atoms with Crippen molar-refractivity contribution in [3.8, 4) is 0 Å². The van der Waals surface area contributed by atoms with E-state index >= 15 is 0 Å². The molecule has 1 heteroatoms. The molecule has 0 radical (unpaired) electrons. The summed E-state index contributed by atoms with van der Waals surface area (Å²) in [6.07, 6.45) is 3.57. The van der Waals surface area contributed by atoms with Gasteiger partial charge in [0, 0.05) is 5.88 Å². The van der Waals surface area contributed by atoms with Crippen LogP contribution in [0.4, 0.5) is 0 Å². The van der Waals surface area contributed by atoms with Gasteiger partial charge in [0.15, 0.2) is 0 Å². The normalized spacial score (nSPS) is 20.2. The van der Waals surface area contributed by atoms with Crippen molar-refractivity contribution >= 4 is 11.6 Å². The fraction of sp³-hybridized carbons (Fsp3) is 0.333. The standard InChI is InChI=1S/C18H19Cl/c19-14-17-13-18(17,11-15-7-3-1-4-8-15)12-16-9-5-2-6-10-16/h1-10,17H,11-14H2. The molecule has 0 aliphatic heterocycles. The molecule has 1 aliphatic rings. The number of rotatable bonds is 5. The molecule has 1 unspecified atom stereocenters. The van der Waals surface area contributed by atoms with Gasteiger partial charge in [-0.05, 0) is 41.7 Å². The lowest BCUT2D eigenvalue weighted by Gasteiger charge is -2.17. The van der Waals surface area contributed by atoms with E-state index in [1.807, 2.05) is 0 Å². The first-order valence-corrected chi connectivity index (χ1v) is 7.50. The first kappa shape index (κ1) is 12.7.